The Morgan fingerprint density at radius 3 is 1.76 bits per heavy atom. The molecule has 0 aromatic heterocycles. The second-order valence-electron chi connectivity index (χ2n) is 11.8. The molecule has 7 N–H and O–H groups in total. The number of Topliss-reactive ketones (excluding diaryl/α,β-unsaturated/α-hetero) is 1. The minimum atomic E-state index is -5.38. The van der Waals surface area contributed by atoms with E-state index in [0.717, 1.165) is 0 Å². The van der Waals surface area contributed by atoms with Crippen molar-refractivity contribution in [2.24, 2.45) is 25.6 Å². The van der Waals surface area contributed by atoms with Crippen molar-refractivity contribution in [2.45, 2.75) is 4.90 Å². The summed E-state index contributed by atoms with van der Waals surface area (Å²) in [6.07, 6.45) is 0.707. The van der Waals surface area contributed by atoms with Gasteiger partial charge in [0.1, 0.15) is 60.2 Å². The molecule has 0 spiro atoms. The molecule has 0 unspecified atom stereocenters. The number of rotatable bonds is 11. The average Bonchev–Trinajstić information content (AvgIpc) is 3.16. The van der Waals surface area contributed by atoms with Gasteiger partial charge in [-0.1, -0.05) is 30.3 Å². The van der Waals surface area contributed by atoms with Crippen molar-refractivity contribution in [2.75, 3.05) is 36.8 Å². The fourth-order valence-electron chi connectivity index (χ4n) is 5.47. The van der Waals surface area contributed by atoms with Crippen molar-refractivity contribution in [3.63, 3.8) is 0 Å². The number of nitrogen functional groups attached to an aromatic ring is 3. The molecule has 22 heteroatoms. The van der Waals surface area contributed by atoms with Crippen LogP contribution in [0.4, 0.5) is 45.5 Å². The van der Waals surface area contributed by atoms with Crippen LogP contribution >= 0.6 is 0 Å². The zero-order valence-corrected chi connectivity index (χ0v) is 36.8. The van der Waals surface area contributed by atoms with Crippen LogP contribution in [-0.2, 0) is 20.2 Å². The number of anilines is 4. The number of nitrogens with zero attached hydrogens (tertiary/aromatic N) is 5. The van der Waals surface area contributed by atoms with Crippen molar-refractivity contribution in [3.8, 4) is 22.6 Å². The van der Waals surface area contributed by atoms with Crippen LogP contribution in [0.15, 0.2) is 126 Å². The average molecular weight is 842 g/mol. The minimum Gasteiger partial charge on any atom is -0.744 e. The van der Waals surface area contributed by atoms with Gasteiger partial charge in [-0.25, -0.2) is 16.8 Å². The smallest absolute Gasteiger partial charge is 0.744 e. The normalized spacial score (nSPS) is 13.4. The third kappa shape index (κ3) is 9.99. The van der Waals surface area contributed by atoms with Gasteiger partial charge in [0.05, 0.1) is 46.6 Å². The van der Waals surface area contributed by atoms with E-state index in [2.05, 4.69) is 31.0 Å². The zero-order valence-electron chi connectivity index (χ0n) is 31.2. The predicted molar refractivity (Wildman–Crippen MR) is 207 cm³/mol. The first-order chi connectivity index (χ1) is 26.6. The number of carbonyl (C=O) groups is 1. The summed E-state index contributed by atoms with van der Waals surface area (Å²) >= 11 is 0. The molecule has 0 saturated heterocycles. The second kappa shape index (κ2) is 18.7. The minimum absolute atomic E-state index is 0. The number of hydrogen-bond acceptors (Lipinski definition) is 18. The Hall–Kier alpha value is -5.00. The first kappa shape index (κ1) is 45.7. The van der Waals surface area contributed by atoms with Gasteiger partial charge in [-0.05, 0) is 83.4 Å². The molecule has 5 aromatic rings. The van der Waals surface area contributed by atoms with Crippen molar-refractivity contribution >= 4 is 83.3 Å². The molecule has 18 nitrogen and oxygen atoms in total. The SMILES string of the molecule is COc1cc(-c2ccc(N=Nc3c(S(=O)(=O)[O-])cc4c(c3N)C(=O)/C(=N/Nc3ccccc3)C(S(=O)(=O)[O-])=C4)c(OC)c2)ccc1N=Nc1ccc(N)cc1N.[Na+].[Na+]. The molecule has 5 aromatic carbocycles. The van der Waals surface area contributed by atoms with Gasteiger partial charge >= 0.3 is 59.1 Å². The number of fused-ring (bicyclic) bond motifs is 1. The maximum atomic E-state index is 13.7. The summed E-state index contributed by atoms with van der Waals surface area (Å²) in [6.45, 7) is 0. The van der Waals surface area contributed by atoms with E-state index in [-0.39, 0.29) is 70.6 Å². The Morgan fingerprint density at radius 2 is 1.22 bits per heavy atom. The van der Waals surface area contributed by atoms with Gasteiger partial charge in [-0.15, -0.1) is 20.5 Å². The number of benzene rings is 5. The van der Waals surface area contributed by atoms with Gasteiger partial charge in [0.15, 0.2) is 0 Å². The number of ether oxygens (including phenoxy) is 2. The molecule has 6 rings (SSSR count). The van der Waals surface area contributed by atoms with Crippen LogP contribution in [0.1, 0.15) is 15.9 Å². The summed E-state index contributed by atoms with van der Waals surface area (Å²) < 4.78 is 85.0. The molecule has 0 aliphatic heterocycles. The van der Waals surface area contributed by atoms with Crippen LogP contribution in [0.3, 0.4) is 0 Å². The van der Waals surface area contributed by atoms with Crippen LogP contribution in [0.5, 0.6) is 11.5 Å². The molecule has 0 amide bonds. The number of hydrazone groups is 1. The van der Waals surface area contributed by atoms with Gasteiger partial charge in [-0.3, -0.25) is 10.2 Å². The number of azo groups is 2. The molecule has 0 radical (unpaired) electrons. The van der Waals surface area contributed by atoms with Gasteiger partial charge < -0.3 is 35.8 Å². The number of carbonyl (C=O) groups excluding carboxylic acids is 1. The largest absolute Gasteiger partial charge is 1.00 e. The monoisotopic (exact) mass is 841 g/mol. The summed E-state index contributed by atoms with van der Waals surface area (Å²) in [5.41, 5.74) is 20.8. The number of nitrogens with one attached hydrogen (secondary N) is 1. The number of para-hydroxylation sites is 1. The first-order valence-corrected chi connectivity index (χ1v) is 18.8. The maximum Gasteiger partial charge on any atom is 1.00 e. The molecule has 0 heterocycles. The van der Waals surface area contributed by atoms with Crippen LogP contribution in [-0.4, -0.2) is 51.7 Å². The van der Waals surface area contributed by atoms with Gasteiger partial charge in [0.2, 0.25) is 5.78 Å². The Labute approximate surface area is 376 Å². The van der Waals surface area contributed by atoms with Crippen LogP contribution in [0.2, 0.25) is 0 Å². The summed E-state index contributed by atoms with van der Waals surface area (Å²) in [5.74, 6) is -0.629. The van der Waals surface area contributed by atoms with Crippen molar-refractivity contribution in [3.05, 3.63) is 107 Å². The Morgan fingerprint density at radius 1 is 0.672 bits per heavy atom. The number of allylic oxidation sites excluding steroid dienone is 1. The molecule has 1 aliphatic carbocycles. The van der Waals surface area contributed by atoms with Gasteiger partial charge in [-0.2, -0.15) is 5.10 Å². The topological polar surface area (TPSA) is 302 Å². The molecule has 0 saturated carbocycles. The summed E-state index contributed by atoms with van der Waals surface area (Å²) in [7, 11) is -7.92. The van der Waals surface area contributed by atoms with Crippen molar-refractivity contribution in [1.82, 2.24) is 0 Å². The van der Waals surface area contributed by atoms with Crippen LogP contribution in [0.25, 0.3) is 17.2 Å². The Bertz CT molecular complexity index is 2770. The molecule has 0 bridgehead atoms. The molecule has 0 fully saturated rings. The van der Waals surface area contributed by atoms with Crippen molar-refractivity contribution < 1.29 is 99.3 Å². The van der Waals surface area contributed by atoms with E-state index in [4.69, 9.17) is 26.7 Å². The van der Waals surface area contributed by atoms with E-state index in [1.54, 1.807) is 78.9 Å². The predicted octanol–water partition coefficient (Wildman–Crippen LogP) is 0.411. The summed E-state index contributed by atoms with van der Waals surface area (Å²) in [5, 5.41) is 20.3. The van der Waals surface area contributed by atoms with E-state index in [0.29, 0.717) is 57.5 Å². The number of hydrogen-bond donors (Lipinski definition) is 4. The summed E-state index contributed by atoms with van der Waals surface area (Å²) in [4.78, 5) is 11.6. The van der Waals surface area contributed by atoms with Crippen molar-refractivity contribution in [1.29, 1.82) is 0 Å². The summed E-state index contributed by atoms with van der Waals surface area (Å²) in [6, 6.07) is 23.5. The third-order valence-corrected chi connectivity index (χ3v) is 9.87. The number of nitrogens with two attached hydrogens (primary N) is 3. The first-order valence-electron chi connectivity index (χ1n) is 16.0. The number of ketones is 1. The fourth-order valence-corrected chi connectivity index (χ4v) is 6.78. The van der Waals surface area contributed by atoms with E-state index in [9.17, 15) is 30.7 Å². The third-order valence-electron chi connectivity index (χ3n) is 8.17. The second-order valence-corrected chi connectivity index (χ2v) is 14.5. The van der Waals surface area contributed by atoms with E-state index in [1.807, 2.05) is 0 Å². The van der Waals surface area contributed by atoms with Crippen LogP contribution < -0.4 is 91.2 Å². The molecule has 58 heavy (non-hydrogen) atoms. The molecular formula is C36H29N9Na2O9S2. The Balaban J connectivity index is 0.00000372. The maximum absolute atomic E-state index is 13.7. The quantitative estimate of drug-likeness (QED) is 0.0461. The fraction of sp³-hybridized carbons (Fsp3) is 0.0556. The molecule has 1 aliphatic rings. The number of methoxy groups -OCH3 is 2. The molecule has 0 atom stereocenters. The van der Waals surface area contributed by atoms with E-state index in [1.165, 1.54) is 20.3 Å². The van der Waals surface area contributed by atoms with Gasteiger partial charge in [0.25, 0.3) is 0 Å². The van der Waals surface area contributed by atoms with Gasteiger partial charge in [0, 0.05) is 5.69 Å². The van der Waals surface area contributed by atoms with E-state index < -0.39 is 64.0 Å². The standard InChI is InChI=1S/C36H31N9O9S2.2Na/c1-53-28-14-19(8-11-26(28)42-41-25-13-10-22(37)18-24(25)38)20-9-12-27(29(15-20)54-2)43-44-34-30(55(47,48)49)16-21-17-31(56(50,51)52)35(36(46)32(21)33(34)39)45-40-23-6-4-3-5-7-23;;/h3-18,40H,37-39H2,1-2H3,(H,47,48,49)(H,50,51,52);;/q;2*+1/p-2/b42-41?,44-43?,45-35+;;. The molecule has 286 valence electrons. The zero-order chi connectivity index (χ0) is 40.4. The molecular weight excluding hydrogens is 813 g/mol. The van der Waals surface area contributed by atoms with E-state index >= 15 is 0 Å². The van der Waals surface area contributed by atoms with Crippen LogP contribution in [0, 0.1) is 0 Å². The Kier molecular flexibility index (Phi) is 14.7.